The monoisotopic (exact) mass is 214 g/mol. The fourth-order valence-electron chi connectivity index (χ4n) is 1.79. The predicted octanol–water partition coefficient (Wildman–Crippen LogP) is 0.489. The smallest absolute Gasteiger partial charge is 0.313 e. The normalized spacial score (nSPS) is 40.1. The molecule has 15 heavy (non-hydrogen) atoms. The van der Waals surface area contributed by atoms with Crippen molar-refractivity contribution in [1.82, 2.24) is 0 Å². The number of aliphatic hydroxyl groups is 1. The van der Waals surface area contributed by atoms with Gasteiger partial charge in [0, 0.05) is 0 Å². The van der Waals surface area contributed by atoms with Crippen molar-refractivity contribution in [3.63, 3.8) is 0 Å². The third-order valence-electron chi connectivity index (χ3n) is 3.01. The molecule has 3 atom stereocenters. The average molecular weight is 214 g/mol. The van der Waals surface area contributed by atoms with Gasteiger partial charge >= 0.3 is 11.9 Å². The summed E-state index contributed by atoms with van der Waals surface area (Å²) in [6.07, 6.45) is 1.32. The summed E-state index contributed by atoms with van der Waals surface area (Å²) in [5, 5.41) is 27.5. The van der Waals surface area contributed by atoms with Crippen molar-refractivity contribution in [2.24, 2.45) is 10.8 Å². The summed E-state index contributed by atoms with van der Waals surface area (Å²) in [5.41, 5.74) is -2.67. The predicted molar refractivity (Wildman–Crippen MR) is 51.2 cm³/mol. The lowest BCUT2D eigenvalue weighted by Crippen LogP contribution is -2.47. The van der Waals surface area contributed by atoms with Crippen molar-refractivity contribution in [3.05, 3.63) is 12.2 Å². The molecule has 84 valence electrons. The molecule has 3 N–H and O–H groups in total. The Bertz CT molecular complexity index is 335. The average Bonchev–Trinajstić information content (AvgIpc) is 2.11. The third kappa shape index (κ3) is 1.74. The lowest BCUT2D eigenvalue weighted by atomic mass is 9.66. The lowest BCUT2D eigenvalue weighted by Gasteiger charge is -2.38. The Labute approximate surface area is 87.0 Å². The first-order valence-electron chi connectivity index (χ1n) is 4.56. The molecule has 0 aromatic rings. The first-order chi connectivity index (χ1) is 6.72. The Hall–Kier alpha value is -1.36. The molecule has 0 bridgehead atoms. The van der Waals surface area contributed by atoms with E-state index in [2.05, 4.69) is 0 Å². The van der Waals surface area contributed by atoms with Crippen LogP contribution in [-0.4, -0.2) is 33.4 Å². The van der Waals surface area contributed by atoms with Gasteiger partial charge in [0.05, 0.1) is 16.9 Å². The molecule has 3 unspecified atom stereocenters. The van der Waals surface area contributed by atoms with Gasteiger partial charge in [-0.05, 0) is 20.3 Å². The molecule has 5 heteroatoms. The van der Waals surface area contributed by atoms with Crippen molar-refractivity contribution in [2.75, 3.05) is 0 Å². The molecule has 0 aromatic heterocycles. The number of carbonyl (C=O) groups is 2. The SMILES string of the molecule is CC1(C(=O)O)C=CC(O)C(C)(C(=O)O)C1. The van der Waals surface area contributed by atoms with E-state index in [0.717, 1.165) is 0 Å². The number of carboxylic acid groups (broad SMARTS) is 2. The zero-order valence-electron chi connectivity index (χ0n) is 8.60. The molecule has 0 fully saturated rings. The number of hydrogen-bond donors (Lipinski definition) is 3. The largest absolute Gasteiger partial charge is 0.481 e. The third-order valence-corrected chi connectivity index (χ3v) is 3.01. The van der Waals surface area contributed by atoms with Gasteiger partial charge in [0.25, 0.3) is 0 Å². The minimum atomic E-state index is -1.44. The van der Waals surface area contributed by atoms with Crippen LogP contribution in [-0.2, 0) is 9.59 Å². The minimum absolute atomic E-state index is 0.123. The van der Waals surface area contributed by atoms with Crippen molar-refractivity contribution in [2.45, 2.75) is 26.4 Å². The van der Waals surface area contributed by atoms with Gasteiger partial charge in [-0.3, -0.25) is 9.59 Å². The van der Waals surface area contributed by atoms with E-state index in [1.54, 1.807) is 0 Å². The maximum absolute atomic E-state index is 11.0. The van der Waals surface area contributed by atoms with E-state index in [-0.39, 0.29) is 6.42 Å². The van der Waals surface area contributed by atoms with Crippen LogP contribution in [0.2, 0.25) is 0 Å². The highest BCUT2D eigenvalue weighted by Gasteiger charge is 2.50. The summed E-state index contributed by atoms with van der Waals surface area (Å²) in [6, 6.07) is 0. The number of hydrogen-bond acceptors (Lipinski definition) is 3. The summed E-state index contributed by atoms with van der Waals surface area (Å²) in [4.78, 5) is 22.0. The number of aliphatic hydroxyl groups excluding tert-OH is 1. The standard InChI is InChI=1S/C10H14O5/c1-9(7(12)13)4-3-6(11)10(2,5-9)8(14)15/h3-4,6,11H,5H2,1-2H3,(H,12,13)(H,14,15). The second kappa shape index (κ2) is 3.34. The first kappa shape index (κ1) is 11.7. The molecule has 0 saturated carbocycles. The summed E-state index contributed by atoms with van der Waals surface area (Å²) < 4.78 is 0. The van der Waals surface area contributed by atoms with Crippen molar-refractivity contribution < 1.29 is 24.9 Å². The van der Waals surface area contributed by atoms with Gasteiger partial charge in [-0.1, -0.05) is 12.2 Å². The van der Waals surface area contributed by atoms with Gasteiger partial charge in [0.15, 0.2) is 0 Å². The van der Waals surface area contributed by atoms with Gasteiger partial charge in [0.1, 0.15) is 0 Å². The molecule has 1 rings (SSSR count). The molecule has 0 aromatic carbocycles. The highest BCUT2D eigenvalue weighted by atomic mass is 16.4. The van der Waals surface area contributed by atoms with Crippen LogP contribution < -0.4 is 0 Å². The van der Waals surface area contributed by atoms with Crippen LogP contribution in [0.15, 0.2) is 12.2 Å². The quantitative estimate of drug-likeness (QED) is 0.581. The van der Waals surface area contributed by atoms with Crippen molar-refractivity contribution >= 4 is 11.9 Å². The topological polar surface area (TPSA) is 94.8 Å². The molecule has 0 aliphatic heterocycles. The van der Waals surface area contributed by atoms with Crippen LogP contribution in [0.1, 0.15) is 20.3 Å². The molecular formula is C10H14O5. The Kier molecular flexibility index (Phi) is 2.61. The molecule has 1 aliphatic rings. The fraction of sp³-hybridized carbons (Fsp3) is 0.600. The van der Waals surface area contributed by atoms with Gasteiger partial charge < -0.3 is 15.3 Å². The van der Waals surface area contributed by atoms with E-state index in [1.165, 1.54) is 26.0 Å². The summed E-state index contributed by atoms with van der Waals surface area (Å²) in [6.45, 7) is 2.80. The Morgan fingerprint density at radius 1 is 1.27 bits per heavy atom. The van der Waals surface area contributed by atoms with Crippen LogP contribution in [0, 0.1) is 10.8 Å². The van der Waals surface area contributed by atoms with E-state index in [0.29, 0.717) is 0 Å². The van der Waals surface area contributed by atoms with Gasteiger partial charge in [-0.25, -0.2) is 0 Å². The molecule has 0 saturated heterocycles. The molecule has 0 radical (unpaired) electrons. The zero-order chi connectivity index (χ0) is 11.9. The molecule has 1 aliphatic carbocycles. The maximum atomic E-state index is 11.0. The Morgan fingerprint density at radius 3 is 2.20 bits per heavy atom. The summed E-state index contributed by atoms with van der Waals surface area (Å²) in [5.74, 6) is -2.27. The molecular weight excluding hydrogens is 200 g/mol. The molecule has 0 spiro atoms. The highest BCUT2D eigenvalue weighted by molar-refractivity contribution is 5.81. The highest BCUT2D eigenvalue weighted by Crippen LogP contribution is 2.42. The number of rotatable bonds is 2. The number of aliphatic carboxylic acids is 2. The Morgan fingerprint density at radius 2 is 1.80 bits per heavy atom. The maximum Gasteiger partial charge on any atom is 0.313 e. The lowest BCUT2D eigenvalue weighted by molar-refractivity contribution is -0.160. The molecule has 0 heterocycles. The van der Waals surface area contributed by atoms with E-state index < -0.39 is 28.9 Å². The summed E-state index contributed by atoms with van der Waals surface area (Å²) in [7, 11) is 0. The van der Waals surface area contributed by atoms with Gasteiger partial charge in [-0.2, -0.15) is 0 Å². The van der Waals surface area contributed by atoms with Gasteiger partial charge in [-0.15, -0.1) is 0 Å². The van der Waals surface area contributed by atoms with E-state index in [1.807, 2.05) is 0 Å². The van der Waals surface area contributed by atoms with Crippen LogP contribution in [0.3, 0.4) is 0 Å². The number of carboxylic acids is 2. The zero-order valence-corrected chi connectivity index (χ0v) is 8.60. The fourth-order valence-corrected chi connectivity index (χ4v) is 1.79. The van der Waals surface area contributed by atoms with Crippen LogP contribution in [0.5, 0.6) is 0 Å². The minimum Gasteiger partial charge on any atom is -0.481 e. The van der Waals surface area contributed by atoms with Crippen molar-refractivity contribution in [1.29, 1.82) is 0 Å². The second-order valence-electron chi connectivity index (χ2n) is 4.43. The first-order valence-corrected chi connectivity index (χ1v) is 4.56. The van der Waals surface area contributed by atoms with Crippen molar-refractivity contribution in [3.8, 4) is 0 Å². The van der Waals surface area contributed by atoms with E-state index in [4.69, 9.17) is 10.2 Å². The van der Waals surface area contributed by atoms with Crippen LogP contribution >= 0.6 is 0 Å². The summed E-state index contributed by atoms with van der Waals surface area (Å²) >= 11 is 0. The Balaban J connectivity index is 3.13. The van der Waals surface area contributed by atoms with Crippen LogP contribution in [0.4, 0.5) is 0 Å². The van der Waals surface area contributed by atoms with E-state index in [9.17, 15) is 14.7 Å². The van der Waals surface area contributed by atoms with Crippen LogP contribution in [0.25, 0.3) is 0 Å². The molecule has 5 nitrogen and oxygen atoms in total. The molecule has 0 amide bonds. The van der Waals surface area contributed by atoms with Gasteiger partial charge in [0.2, 0.25) is 0 Å². The second-order valence-corrected chi connectivity index (χ2v) is 4.43. The van der Waals surface area contributed by atoms with E-state index >= 15 is 0 Å².